The SMILES string of the molecule is CN(C)Cc1c(C(=O)N/N=C\c2ccncc2)nnn1-c1nonc1N. The van der Waals surface area contributed by atoms with Crippen LogP contribution in [0.5, 0.6) is 0 Å². The molecule has 26 heavy (non-hydrogen) atoms. The first kappa shape index (κ1) is 17.2. The number of nitrogens with zero attached hydrogens (tertiary/aromatic N) is 8. The Morgan fingerprint density at radius 3 is 2.81 bits per heavy atom. The molecule has 3 rings (SSSR count). The van der Waals surface area contributed by atoms with Crippen molar-refractivity contribution in [3.05, 3.63) is 41.5 Å². The van der Waals surface area contributed by atoms with Crippen molar-refractivity contribution in [2.75, 3.05) is 19.8 Å². The molecule has 0 aliphatic rings. The van der Waals surface area contributed by atoms with Crippen LogP contribution in [0.4, 0.5) is 5.82 Å². The van der Waals surface area contributed by atoms with Gasteiger partial charge in [-0.2, -0.15) is 9.78 Å². The van der Waals surface area contributed by atoms with Gasteiger partial charge in [-0.05, 0) is 42.1 Å². The van der Waals surface area contributed by atoms with E-state index >= 15 is 0 Å². The molecule has 0 saturated carbocycles. The number of hydrogen-bond acceptors (Lipinski definition) is 10. The summed E-state index contributed by atoms with van der Waals surface area (Å²) in [6, 6.07) is 3.51. The first-order valence-corrected chi connectivity index (χ1v) is 7.47. The van der Waals surface area contributed by atoms with Gasteiger partial charge in [0.1, 0.15) is 0 Å². The Labute approximate surface area is 147 Å². The number of hydrogen-bond donors (Lipinski definition) is 2. The number of pyridine rings is 1. The van der Waals surface area contributed by atoms with Crippen LogP contribution in [0.2, 0.25) is 0 Å². The van der Waals surface area contributed by atoms with Crippen LogP contribution in [0.15, 0.2) is 34.3 Å². The number of nitrogens with one attached hydrogen (secondary N) is 1. The van der Waals surface area contributed by atoms with Gasteiger partial charge in [-0.25, -0.2) is 10.1 Å². The van der Waals surface area contributed by atoms with Crippen LogP contribution in [0.3, 0.4) is 0 Å². The molecular formula is C14H16N10O2. The van der Waals surface area contributed by atoms with Crippen LogP contribution in [0.25, 0.3) is 5.82 Å². The van der Waals surface area contributed by atoms with Crippen molar-refractivity contribution in [3.63, 3.8) is 0 Å². The van der Waals surface area contributed by atoms with Crippen molar-refractivity contribution >= 4 is 17.9 Å². The lowest BCUT2D eigenvalue weighted by atomic mass is 10.3. The number of hydrazone groups is 1. The Morgan fingerprint density at radius 1 is 1.38 bits per heavy atom. The minimum atomic E-state index is -0.520. The van der Waals surface area contributed by atoms with Gasteiger partial charge in [0, 0.05) is 18.9 Å². The topological polar surface area (TPSA) is 153 Å². The monoisotopic (exact) mass is 356 g/mol. The van der Waals surface area contributed by atoms with Gasteiger partial charge in [0.05, 0.1) is 11.9 Å². The molecule has 3 N–H and O–H groups in total. The Hall–Kier alpha value is -3.67. The summed E-state index contributed by atoms with van der Waals surface area (Å²) in [5.41, 5.74) is 9.47. The second kappa shape index (κ2) is 7.48. The van der Waals surface area contributed by atoms with Crippen LogP contribution < -0.4 is 11.2 Å². The first-order chi connectivity index (χ1) is 12.6. The highest BCUT2D eigenvalue weighted by Gasteiger charge is 2.24. The molecule has 0 aliphatic carbocycles. The predicted molar refractivity (Wildman–Crippen MR) is 90.3 cm³/mol. The van der Waals surface area contributed by atoms with Crippen LogP contribution in [0.1, 0.15) is 21.7 Å². The molecule has 3 aromatic heterocycles. The highest BCUT2D eigenvalue weighted by atomic mass is 16.6. The summed E-state index contributed by atoms with van der Waals surface area (Å²) in [5, 5.41) is 19.0. The Balaban J connectivity index is 1.84. The molecule has 0 saturated heterocycles. The van der Waals surface area contributed by atoms with Crippen LogP contribution in [-0.4, -0.2) is 61.4 Å². The van der Waals surface area contributed by atoms with Crippen LogP contribution in [-0.2, 0) is 6.54 Å². The lowest BCUT2D eigenvalue weighted by Crippen LogP contribution is -2.23. The van der Waals surface area contributed by atoms with E-state index in [9.17, 15) is 4.79 Å². The molecule has 0 fully saturated rings. The molecule has 12 nitrogen and oxygen atoms in total. The quantitative estimate of drug-likeness (QED) is 0.437. The number of aromatic nitrogens is 6. The Bertz CT molecular complexity index is 915. The molecule has 0 radical (unpaired) electrons. The van der Waals surface area contributed by atoms with E-state index in [-0.39, 0.29) is 17.3 Å². The maximum absolute atomic E-state index is 12.4. The molecule has 12 heteroatoms. The largest absolute Gasteiger partial charge is 0.378 e. The van der Waals surface area contributed by atoms with Gasteiger partial charge >= 0.3 is 0 Å². The van der Waals surface area contributed by atoms with Gasteiger partial charge < -0.3 is 10.6 Å². The fraction of sp³-hybridized carbons (Fsp3) is 0.214. The number of nitrogen functional groups attached to an aromatic ring is 1. The van der Waals surface area contributed by atoms with E-state index in [1.165, 1.54) is 10.9 Å². The van der Waals surface area contributed by atoms with Crippen molar-refractivity contribution in [1.29, 1.82) is 0 Å². The van der Waals surface area contributed by atoms with Crippen LogP contribution >= 0.6 is 0 Å². The van der Waals surface area contributed by atoms with Gasteiger partial charge in [0.15, 0.2) is 5.69 Å². The highest BCUT2D eigenvalue weighted by Crippen LogP contribution is 2.16. The second-order valence-electron chi connectivity index (χ2n) is 5.49. The third kappa shape index (κ3) is 3.70. The maximum Gasteiger partial charge on any atom is 0.293 e. The van der Waals surface area contributed by atoms with Gasteiger partial charge in [0.25, 0.3) is 5.91 Å². The summed E-state index contributed by atoms with van der Waals surface area (Å²) >= 11 is 0. The smallest absolute Gasteiger partial charge is 0.293 e. The van der Waals surface area contributed by atoms with Gasteiger partial charge in [-0.15, -0.1) is 5.10 Å². The van der Waals surface area contributed by atoms with Gasteiger partial charge in [0.2, 0.25) is 11.6 Å². The number of rotatable bonds is 6. The normalized spacial score (nSPS) is 11.3. The van der Waals surface area contributed by atoms with E-state index in [2.05, 4.69) is 40.8 Å². The second-order valence-corrected chi connectivity index (χ2v) is 5.49. The number of amides is 1. The van der Waals surface area contributed by atoms with Gasteiger partial charge in [-0.1, -0.05) is 5.21 Å². The van der Waals surface area contributed by atoms with Crippen LogP contribution in [0, 0.1) is 0 Å². The van der Waals surface area contributed by atoms with Crippen molar-refractivity contribution in [2.45, 2.75) is 6.54 Å². The molecule has 3 heterocycles. The molecule has 0 aliphatic heterocycles. The van der Waals surface area contributed by atoms with E-state index in [1.54, 1.807) is 24.5 Å². The molecule has 0 bridgehead atoms. The first-order valence-electron chi connectivity index (χ1n) is 7.47. The van der Waals surface area contributed by atoms with E-state index in [0.29, 0.717) is 12.2 Å². The number of anilines is 1. The van der Waals surface area contributed by atoms with E-state index < -0.39 is 5.91 Å². The average Bonchev–Trinajstić information content (AvgIpc) is 3.21. The third-order valence-corrected chi connectivity index (χ3v) is 3.23. The summed E-state index contributed by atoms with van der Waals surface area (Å²) in [6.07, 6.45) is 4.75. The standard InChI is InChI=1S/C14H16N10O2/c1-23(2)8-10-11(18-22-24(10)13-12(15)20-26-21-13)14(25)19-17-7-9-3-5-16-6-4-9/h3-7H,8H2,1-2H3,(H2,15,20)(H,19,25)/b17-7-. The molecule has 0 spiro atoms. The lowest BCUT2D eigenvalue weighted by Gasteiger charge is -2.11. The zero-order valence-electron chi connectivity index (χ0n) is 14.1. The average molecular weight is 356 g/mol. The molecule has 0 atom stereocenters. The zero-order chi connectivity index (χ0) is 18.5. The summed E-state index contributed by atoms with van der Waals surface area (Å²) in [5.74, 6) is -0.320. The fourth-order valence-electron chi connectivity index (χ4n) is 2.10. The summed E-state index contributed by atoms with van der Waals surface area (Å²) in [7, 11) is 3.68. The summed E-state index contributed by atoms with van der Waals surface area (Å²) < 4.78 is 5.90. The predicted octanol–water partition coefficient (Wildman–Crippen LogP) is -0.547. The van der Waals surface area contributed by atoms with Crippen molar-refractivity contribution in [2.24, 2.45) is 5.10 Å². The maximum atomic E-state index is 12.4. The highest BCUT2D eigenvalue weighted by molar-refractivity contribution is 5.94. The van der Waals surface area contributed by atoms with Crippen molar-refractivity contribution < 1.29 is 9.42 Å². The van der Waals surface area contributed by atoms with Crippen molar-refractivity contribution in [1.82, 2.24) is 40.6 Å². The minimum absolute atomic E-state index is 0.0394. The summed E-state index contributed by atoms with van der Waals surface area (Å²) in [6.45, 7) is 0.357. The molecule has 134 valence electrons. The van der Waals surface area contributed by atoms with Crippen molar-refractivity contribution in [3.8, 4) is 5.82 Å². The molecule has 3 aromatic rings. The number of nitrogens with two attached hydrogens (primary N) is 1. The Morgan fingerprint density at radius 2 is 2.15 bits per heavy atom. The molecule has 0 unspecified atom stereocenters. The minimum Gasteiger partial charge on any atom is -0.378 e. The third-order valence-electron chi connectivity index (χ3n) is 3.23. The fourth-order valence-corrected chi connectivity index (χ4v) is 2.10. The Kier molecular flexibility index (Phi) is 4.94. The molecule has 1 amide bonds. The number of carbonyl (C=O) groups excluding carboxylic acids is 1. The molecule has 0 aromatic carbocycles. The zero-order valence-corrected chi connectivity index (χ0v) is 14.1. The van der Waals surface area contributed by atoms with E-state index in [0.717, 1.165) is 5.56 Å². The summed E-state index contributed by atoms with van der Waals surface area (Å²) in [4.78, 5) is 18.2. The van der Waals surface area contributed by atoms with E-state index in [4.69, 9.17) is 5.73 Å². The number of carbonyl (C=O) groups is 1. The molecular weight excluding hydrogens is 340 g/mol. The van der Waals surface area contributed by atoms with E-state index in [1.807, 2.05) is 19.0 Å². The lowest BCUT2D eigenvalue weighted by molar-refractivity contribution is 0.0948. The van der Waals surface area contributed by atoms with Gasteiger partial charge in [-0.3, -0.25) is 9.78 Å².